The summed E-state index contributed by atoms with van der Waals surface area (Å²) in [5.74, 6) is -0.379. The number of amidine groups is 1. The van der Waals surface area contributed by atoms with Crippen molar-refractivity contribution in [2.24, 2.45) is 10.9 Å². The average Bonchev–Trinajstić information content (AvgIpc) is 3.35. The Morgan fingerprint density at radius 3 is 2.56 bits per heavy atom. The molecule has 27 heavy (non-hydrogen) atoms. The predicted octanol–water partition coefficient (Wildman–Crippen LogP) is 1.02. The van der Waals surface area contributed by atoms with Crippen molar-refractivity contribution < 1.29 is 15.0 Å². The van der Waals surface area contributed by atoms with Gasteiger partial charge in [0.25, 0.3) is 0 Å². The maximum absolute atomic E-state index is 12.6. The fourth-order valence-corrected chi connectivity index (χ4v) is 4.99. The highest BCUT2D eigenvalue weighted by Crippen LogP contribution is 2.41. The lowest BCUT2D eigenvalue weighted by molar-refractivity contribution is -0.129. The normalized spacial score (nSPS) is 32.4. The Morgan fingerprint density at radius 1 is 1.22 bits per heavy atom. The molecule has 0 bridgehead atoms. The van der Waals surface area contributed by atoms with E-state index in [9.17, 15) is 15.0 Å². The fraction of sp³-hybridized carbons (Fsp3) is 0.579. The van der Waals surface area contributed by atoms with Gasteiger partial charge in [0.2, 0.25) is 5.91 Å². The monoisotopic (exact) mass is 390 g/mol. The first-order valence-electron chi connectivity index (χ1n) is 9.38. The van der Waals surface area contributed by atoms with E-state index in [4.69, 9.17) is 0 Å². The van der Waals surface area contributed by atoms with Gasteiger partial charge < -0.3 is 25.7 Å². The van der Waals surface area contributed by atoms with Gasteiger partial charge in [-0.05, 0) is 43.5 Å². The Bertz CT molecular complexity index is 735. The Balaban J connectivity index is 1.47. The zero-order chi connectivity index (χ0) is 19.1. The SMILES string of the molecule is CN(C)c1ccc(NC2=NC3C(O)C(O)CC(C(=O)NC4CC4)C3S2)cc1. The number of hydrogen-bond donors (Lipinski definition) is 4. The molecule has 4 N–H and O–H groups in total. The van der Waals surface area contributed by atoms with Crippen molar-refractivity contribution in [1.82, 2.24) is 5.32 Å². The number of fused-ring (bicyclic) bond motifs is 1. The number of amides is 1. The van der Waals surface area contributed by atoms with Gasteiger partial charge in [-0.3, -0.25) is 9.79 Å². The van der Waals surface area contributed by atoms with E-state index in [0.717, 1.165) is 24.2 Å². The van der Waals surface area contributed by atoms with Crippen molar-refractivity contribution in [1.29, 1.82) is 0 Å². The molecule has 8 heteroatoms. The highest BCUT2D eigenvalue weighted by Gasteiger charge is 2.50. The third-order valence-electron chi connectivity index (χ3n) is 5.38. The minimum absolute atomic E-state index is 0.0299. The molecule has 5 unspecified atom stereocenters. The molecular formula is C19H26N4O3S. The van der Waals surface area contributed by atoms with E-state index < -0.39 is 18.2 Å². The van der Waals surface area contributed by atoms with Gasteiger partial charge in [0, 0.05) is 36.8 Å². The second kappa shape index (κ2) is 7.33. The quantitative estimate of drug-likeness (QED) is 0.613. The Kier molecular flexibility index (Phi) is 5.05. The summed E-state index contributed by atoms with van der Waals surface area (Å²) >= 11 is 1.49. The van der Waals surface area contributed by atoms with Gasteiger partial charge >= 0.3 is 0 Å². The maximum atomic E-state index is 12.6. The molecule has 1 aromatic rings. The average molecular weight is 391 g/mol. The van der Waals surface area contributed by atoms with E-state index in [-0.39, 0.29) is 29.5 Å². The minimum atomic E-state index is -0.942. The highest BCUT2D eigenvalue weighted by molar-refractivity contribution is 8.15. The molecule has 5 atom stereocenters. The lowest BCUT2D eigenvalue weighted by atomic mass is 9.81. The second-order valence-electron chi connectivity index (χ2n) is 7.76. The van der Waals surface area contributed by atoms with Crippen LogP contribution in [0.1, 0.15) is 19.3 Å². The summed E-state index contributed by atoms with van der Waals surface area (Å²) in [4.78, 5) is 19.2. The lowest BCUT2D eigenvalue weighted by Gasteiger charge is -2.37. The Hall–Kier alpha value is -1.77. The third kappa shape index (κ3) is 3.93. The number of carbonyl (C=O) groups excluding carboxylic acids is 1. The number of nitrogens with one attached hydrogen (secondary N) is 2. The zero-order valence-corrected chi connectivity index (χ0v) is 16.3. The van der Waals surface area contributed by atoms with Gasteiger partial charge in [-0.15, -0.1) is 0 Å². The van der Waals surface area contributed by atoms with Gasteiger partial charge in [-0.2, -0.15) is 0 Å². The van der Waals surface area contributed by atoms with Gasteiger partial charge in [-0.1, -0.05) is 11.8 Å². The summed E-state index contributed by atoms with van der Waals surface area (Å²) < 4.78 is 0. The van der Waals surface area contributed by atoms with Crippen molar-refractivity contribution in [3.05, 3.63) is 24.3 Å². The predicted molar refractivity (Wildman–Crippen MR) is 108 cm³/mol. The van der Waals surface area contributed by atoms with Crippen LogP contribution in [0.15, 0.2) is 29.3 Å². The molecule has 7 nitrogen and oxygen atoms in total. The zero-order valence-electron chi connectivity index (χ0n) is 15.5. The molecule has 1 aliphatic heterocycles. The van der Waals surface area contributed by atoms with E-state index in [0.29, 0.717) is 5.17 Å². The van der Waals surface area contributed by atoms with Crippen LogP contribution in [-0.2, 0) is 4.79 Å². The molecule has 146 valence electrons. The van der Waals surface area contributed by atoms with Crippen LogP contribution in [0, 0.1) is 5.92 Å². The second-order valence-corrected chi connectivity index (χ2v) is 8.92. The highest BCUT2D eigenvalue weighted by atomic mass is 32.2. The third-order valence-corrected chi connectivity index (χ3v) is 6.69. The van der Waals surface area contributed by atoms with Crippen LogP contribution >= 0.6 is 11.8 Å². The molecule has 1 amide bonds. The fourth-order valence-electron chi connectivity index (χ4n) is 3.61. The first-order valence-corrected chi connectivity index (χ1v) is 10.3. The molecule has 4 rings (SSSR count). The molecule has 0 aromatic heterocycles. The minimum Gasteiger partial charge on any atom is -0.390 e. The number of hydrogen-bond acceptors (Lipinski definition) is 7. The summed E-state index contributed by atoms with van der Waals surface area (Å²) in [5.41, 5.74) is 2.00. The first-order chi connectivity index (χ1) is 12.9. The standard InChI is InChI=1S/C19H26N4O3S/c1-23(2)12-7-5-11(6-8-12)21-19-22-15-16(25)14(24)9-13(17(15)27-19)18(26)20-10-3-4-10/h5-8,10,13-17,24-25H,3-4,9H2,1-2H3,(H,20,26)(H,21,22). The number of nitrogens with zero attached hydrogens (tertiary/aromatic N) is 2. The number of rotatable bonds is 4. The molecule has 2 saturated carbocycles. The van der Waals surface area contributed by atoms with Crippen molar-refractivity contribution in [3.8, 4) is 0 Å². The molecular weight excluding hydrogens is 364 g/mol. The van der Waals surface area contributed by atoms with Crippen LogP contribution in [0.2, 0.25) is 0 Å². The van der Waals surface area contributed by atoms with Crippen LogP contribution in [0.5, 0.6) is 0 Å². The van der Waals surface area contributed by atoms with Crippen LogP contribution < -0.4 is 15.5 Å². The van der Waals surface area contributed by atoms with Gasteiger partial charge in [0.15, 0.2) is 5.17 Å². The number of aliphatic hydroxyl groups excluding tert-OH is 2. The molecule has 3 aliphatic rings. The summed E-state index contributed by atoms with van der Waals surface area (Å²) in [6.45, 7) is 0. The molecule has 2 fully saturated rings. The van der Waals surface area contributed by atoms with Crippen LogP contribution in [0.4, 0.5) is 11.4 Å². The maximum Gasteiger partial charge on any atom is 0.224 e. The van der Waals surface area contributed by atoms with Gasteiger partial charge in [0.1, 0.15) is 6.10 Å². The van der Waals surface area contributed by atoms with Crippen LogP contribution in [0.3, 0.4) is 0 Å². The summed E-state index contributed by atoms with van der Waals surface area (Å²) in [6.07, 6.45) is 0.454. The number of benzene rings is 1. The first kappa shape index (κ1) is 18.6. The summed E-state index contributed by atoms with van der Waals surface area (Å²) in [7, 11) is 3.98. The largest absolute Gasteiger partial charge is 0.390 e. The van der Waals surface area contributed by atoms with Crippen LogP contribution in [-0.4, -0.2) is 64.9 Å². The molecule has 0 radical (unpaired) electrons. The van der Waals surface area contributed by atoms with Crippen molar-refractivity contribution in [2.45, 2.75) is 48.8 Å². The number of aliphatic imine (C=N–C) groups is 1. The van der Waals surface area contributed by atoms with Crippen molar-refractivity contribution in [2.75, 3.05) is 24.3 Å². The molecule has 2 aliphatic carbocycles. The number of carbonyl (C=O) groups is 1. The van der Waals surface area contributed by atoms with E-state index in [1.54, 1.807) is 0 Å². The van der Waals surface area contributed by atoms with E-state index in [2.05, 4.69) is 15.6 Å². The Morgan fingerprint density at radius 2 is 1.93 bits per heavy atom. The topological polar surface area (TPSA) is 97.2 Å². The molecule has 0 spiro atoms. The van der Waals surface area contributed by atoms with Gasteiger partial charge in [-0.25, -0.2) is 0 Å². The summed E-state index contributed by atoms with van der Waals surface area (Å²) in [5, 5.41) is 27.4. The van der Waals surface area contributed by atoms with Gasteiger partial charge in [0.05, 0.1) is 18.1 Å². The molecule has 1 aromatic carbocycles. The molecule has 0 saturated heterocycles. The smallest absolute Gasteiger partial charge is 0.224 e. The van der Waals surface area contributed by atoms with Crippen molar-refractivity contribution >= 4 is 34.2 Å². The number of aliphatic hydroxyl groups is 2. The van der Waals surface area contributed by atoms with Crippen LogP contribution in [0.25, 0.3) is 0 Å². The van der Waals surface area contributed by atoms with E-state index in [1.165, 1.54) is 11.8 Å². The number of thioether (sulfide) groups is 1. The lowest BCUT2D eigenvalue weighted by Crippen LogP contribution is -2.54. The molecule has 1 heterocycles. The van der Waals surface area contributed by atoms with Crippen molar-refractivity contribution in [3.63, 3.8) is 0 Å². The Labute approximate surface area is 163 Å². The number of anilines is 2. The van der Waals surface area contributed by atoms with E-state index in [1.807, 2.05) is 43.3 Å². The van der Waals surface area contributed by atoms with E-state index >= 15 is 0 Å². The summed E-state index contributed by atoms with van der Waals surface area (Å²) in [6, 6.07) is 7.78.